The molecular weight excluding hydrogens is 448 g/mol. The number of nitrogens with one attached hydrogen (secondary N) is 2. The summed E-state index contributed by atoms with van der Waals surface area (Å²) in [6, 6.07) is 12.6. The first-order valence-electron chi connectivity index (χ1n) is 8.54. The van der Waals surface area contributed by atoms with Crippen LogP contribution >= 0.6 is 27.5 Å². The molecule has 0 saturated heterocycles. The molecule has 0 heterocycles. The van der Waals surface area contributed by atoms with E-state index < -0.39 is 11.8 Å². The largest absolute Gasteiger partial charge is 0.484 e. The minimum atomic E-state index is -0.526. The molecule has 2 aromatic rings. The molecule has 6 nitrogen and oxygen atoms in total. The van der Waals surface area contributed by atoms with Crippen LogP contribution in [0.25, 0.3) is 0 Å². The third-order valence-electron chi connectivity index (χ3n) is 3.68. The Kier molecular flexibility index (Phi) is 7.71. The molecule has 28 heavy (non-hydrogen) atoms. The Morgan fingerprint density at radius 2 is 1.54 bits per heavy atom. The Balaban J connectivity index is 1.71. The van der Waals surface area contributed by atoms with Gasteiger partial charge in [-0.2, -0.15) is 0 Å². The van der Waals surface area contributed by atoms with E-state index in [2.05, 4.69) is 47.6 Å². The number of amides is 2. The van der Waals surface area contributed by atoms with Crippen LogP contribution in [0.15, 0.2) is 46.9 Å². The molecule has 2 aromatic carbocycles. The zero-order chi connectivity index (χ0) is 20.7. The van der Waals surface area contributed by atoms with Gasteiger partial charge in [-0.05, 0) is 41.3 Å². The van der Waals surface area contributed by atoms with Gasteiger partial charge in [0.05, 0.1) is 5.02 Å². The zero-order valence-corrected chi connectivity index (χ0v) is 18.2. The molecule has 0 aliphatic heterocycles. The Labute approximate surface area is 177 Å². The van der Waals surface area contributed by atoms with Crippen LogP contribution in [0.2, 0.25) is 5.02 Å². The molecule has 2 N–H and O–H groups in total. The van der Waals surface area contributed by atoms with Gasteiger partial charge in [-0.1, -0.05) is 60.4 Å². The molecule has 0 aliphatic carbocycles. The molecule has 0 atom stereocenters. The summed E-state index contributed by atoms with van der Waals surface area (Å²) in [5.74, 6) is -0.0761. The topological polar surface area (TPSA) is 76.7 Å². The third-order valence-corrected chi connectivity index (χ3v) is 4.47. The van der Waals surface area contributed by atoms with Gasteiger partial charge in [0.25, 0.3) is 11.8 Å². The monoisotopic (exact) mass is 468 g/mol. The Hall–Kier alpha value is -2.25. The Bertz CT molecular complexity index is 835. The van der Waals surface area contributed by atoms with Crippen molar-refractivity contribution in [3.05, 3.63) is 57.5 Å². The van der Waals surface area contributed by atoms with Crippen LogP contribution < -0.4 is 20.3 Å². The highest BCUT2D eigenvalue weighted by molar-refractivity contribution is 9.10. The van der Waals surface area contributed by atoms with Crippen molar-refractivity contribution in [2.45, 2.75) is 26.2 Å². The highest BCUT2D eigenvalue weighted by Crippen LogP contribution is 2.27. The molecule has 0 spiro atoms. The van der Waals surface area contributed by atoms with Gasteiger partial charge >= 0.3 is 0 Å². The minimum absolute atomic E-state index is 0.0444. The van der Waals surface area contributed by atoms with E-state index >= 15 is 0 Å². The number of rotatable bonds is 6. The van der Waals surface area contributed by atoms with Gasteiger partial charge in [0, 0.05) is 4.47 Å². The van der Waals surface area contributed by atoms with Crippen molar-refractivity contribution in [1.29, 1.82) is 0 Å². The number of hydrogen-bond donors (Lipinski definition) is 2. The van der Waals surface area contributed by atoms with E-state index in [4.69, 9.17) is 21.1 Å². The van der Waals surface area contributed by atoms with Crippen LogP contribution in [-0.2, 0) is 15.0 Å². The molecule has 150 valence electrons. The first-order chi connectivity index (χ1) is 13.1. The van der Waals surface area contributed by atoms with Crippen LogP contribution in [0.5, 0.6) is 11.5 Å². The quantitative estimate of drug-likeness (QED) is 0.627. The zero-order valence-electron chi connectivity index (χ0n) is 15.8. The fourth-order valence-electron chi connectivity index (χ4n) is 2.15. The highest BCUT2D eigenvalue weighted by atomic mass is 79.9. The summed E-state index contributed by atoms with van der Waals surface area (Å²) in [5.41, 5.74) is 5.73. The van der Waals surface area contributed by atoms with E-state index in [1.54, 1.807) is 18.2 Å². The normalized spacial score (nSPS) is 10.9. The lowest BCUT2D eigenvalue weighted by molar-refractivity contribution is -0.131. The van der Waals surface area contributed by atoms with Crippen molar-refractivity contribution < 1.29 is 19.1 Å². The summed E-state index contributed by atoms with van der Waals surface area (Å²) < 4.78 is 11.5. The van der Waals surface area contributed by atoms with Crippen LogP contribution in [0.1, 0.15) is 26.3 Å². The van der Waals surface area contributed by atoms with Crippen molar-refractivity contribution in [2.24, 2.45) is 0 Å². The van der Waals surface area contributed by atoms with E-state index in [1.807, 2.05) is 24.3 Å². The van der Waals surface area contributed by atoms with Gasteiger partial charge in [0.15, 0.2) is 13.2 Å². The number of hydrogen-bond acceptors (Lipinski definition) is 4. The van der Waals surface area contributed by atoms with Crippen LogP contribution in [0, 0.1) is 0 Å². The number of benzene rings is 2. The third kappa shape index (κ3) is 7.05. The van der Waals surface area contributed by atoms with Crippen molar-refractivity contribution in [3.8, 4) is 11.5 Å². The fraction of sp³-hybridized carbons (Fsp3) is 0.300. The van der Waals surface area contributed by atoms with E-state index in [-0.39, 0.29) is 18.6 Å². The summed E-state index contributed by atoms with van der Waals surface area (Å²) in [6.45, 7) is 5.83. The average Bonchev–Trinajstić information content (AvgIpc) is 2.63. The highest BCUT2D eigenvalue weighted by Gasteiger charge is 2.13. The number of carbonyl (C=O) groups excluding carboxylic acids is 2. The predicted molar refractivity (Wildman–Crippen MR) is 112 cm³/mol. The fourth-order valence-corrected chi connectivity index (χ4v) is 2.88. The molecule has 0 saturated carbocycles. The summed E-state index contributed by atoms with van der Waals surface area (Å²) in [7, 11) is 0. The minimum Gasteiger partial charge on any atom is -0.484 e. The first kappa shape index (κ1) is 22.0. The summed E-state index contributed by atoms with van der Waals surface area (Å²) in [5, 5.41) is 0.372. The maximum absolute atomic E-state index is 11.8. The van der Waals surface area contributed by atoms with Crippen LogP contribution in [0.3, 0.4) is 0 Å². The second-order valence-electron chi connectivity index (χ2n) is 7.02. The second kappa shape index (κ2) is 9.80. The van der Waals surface area contributed by atoms with Crippen molar-refractivity contribution in [3.63, 3.8) is 0 Å². The summed E-state index contributed by atoms with van der Waals surface area (Å²) in [4.78, 5) is 23.6. The molecule has 0 fully saturated rings. The van der Waals surface area contributed by atoms with E-state index in [1.165, 1.54) is 5.56 Å². The molecule has 0 aromatic heterocycles. The maximum Gasteiger partial charge on any atom is 0.276 e. The van der Waals surface area contributed by atoms with Crippen LogP contribution in [0.4, 0.5) is 0 Å². The number of halogens is 2. The summed E-state index contributed by atoms with van der Waals surface area (Å²) >= 11 is 9.28. The lowest BCUT2D eigenvalue weighted by Gasteiger charge is -2.19. The Morgan fingerprint density at radius 1 is 0.964 bits per heavy atom. The van der Waals surface area contributed by atoms with Crippen molar-refractivity contribution in [1.82, 2.24) is 10.9 Å². The van der Waals surface area contributed by atoms with Gasteiger partial charge in [0.2, 0.25) is 0 Å². The van der Waals surface area contributed by atoms with E-state index in [0.29, 0.717) is 16.5 Å². The number of ether oxygens (including phenoxy) is 2. The lowest BCUT2D eigenvalue weighted by atomic mass is 9.87. The molecule has 0 bridgehead atoms. The van der Waals surface area contributed by atoms with Crippen molar-refractivity contribution in [2.75, 3.05) is 13.2 Å². The molecule has 2 rings (SSSR count). The predicted octanol–water partition coefficient (Wildman–Crippen LogP) is 4.01. The average molecular weight is 470 g/mol. The number of hydrazine groups is 1. The van der Waals surface area contributed by atoms with Crippen molar-refractivity contribution >= 4 is 39.3 Å². The molecule has 0 aliphatic rings. The first-order valence-corrected chi connectivity index (χ1v) is 9.71. The van der Waals surface area contributed by atoms with E-state index in [9.17, 15) is 9.59 Å². The van der Waals surface area contributed by atoms with E-state index in [0.717, 1.165) is 4.47 Å². The molecule has 2 amide bonds. The summed E-state index contributed by atoms with van der Waals surface area (Å²) in [6.07, 6.45) is 0. The van der Waals surface area contributed by atoms with Gasteiger partial charge < -0.3 is 9.47 Å². The van der Waals surface area contributed by atoms with Gasteiger partial charge in [-0.3, -0.25) is 20.4 Å². The van der Waals surface area contributed by atoms with Crippen LogP contribution in [-0.4, -0.2) is 25.0 Å². The van der Waals surface area contributed by atoms with Gasteiger partial charge in [-0.25, -0.2) is 0 Å². The van der Waals surface area contributed by atoms with Gasteiger partial charge in [-0.15, -0.1) is 0 Å². The second-order valence-corrected chi connectivity index (χ2v) is 8.35. The molecule has 8 heteroatoms. The van der Waals surface area contributed by atoms with Gasteiger partial charge in [0.1, 0.15) is 11.5 Å². The molecular formula is C20H22BrClN2O4. The Morgan fingerprint density at radius 3 is 2.07 bits per heavy atom. The molecule has 0 radical (unpaired) electrons. The smallest absolute Gasteiger partial charge is 0.276 e. The number of carbonyl (C=O) groups is 2. The standard InChI is InChI=1S/C20H22BrClN2O4/c1-20(2,3)13-4-7-15(8-5-13)27-11-18(25)23-24-19(26)12-28-17-9-6-14(21)10-16(17)22/h4-10H,11-12H2,1-3H3,(H,23,25)(H,24,26). The SMILES string of the molecule is CC(C)(C)c1ccc(OCC(=O)NNC(=O)COc2ccc(Br)cc2Cl)cc1. The molecule has 0 unspecified atom stereocenters. The lowest BCUT2D eigenvalue weighted by Crippen LogP contribution is -2.45. The maximum atomic E-state index is 11.8.